The Morgan fingerprint density at radius 3 is 2.76 bits per heavy atom. The lowest BCUT2D eigenvalue weighted by molar-refractivity contribution is -0.00192. The third-order valence-electron chi connectivity index (χ3n) is 4.27. The summed E-state index contributed by atoms with van der Waals surface area (Å²) in [5.41, 5.74) is 2.65. The highest BCUT2D eigenvalue weighted by Gasteiger charge is 2.44. The van der Waals surface area contributed by atoms with Crippen LogP contribution in [-0.2, 0) is 0 Å². The monoisotopic (exact) mass is 281 g/mol. The Morgan fingerprint density at radius 2 is 1.95 bits per heavy atom. The molecule has 4 rings (SSSR count). The van der Waals surface area contributed by atoms with Crippen LogP contribution in [0.3, 0.4) is 0 Å². The third-order valence-corrected chi connectivity index (χ3v) is 4.27. The van der Waals surface area contributed by atoms with Crippen LogP contribution in [0.1, 0.15) is 40.7 Å². The molecule has 2 heterocycles. The molecule has 2 atom stereocenters. The normalized spacial score (nSPS) is 22.2. The van der Waals surface area contributed by atoms with E-state index in [0.29, 0.717) is 0 Å². The van der Waals surface area contributed by atoms with E-state index in [1.54, 1.807) is 12.0 Å². The first-order valence-electron chi connectivity index (χ1n) is 6.97. The average Bonchev–Trinajstić information content (AvgIpc) is 2.81. The predicted octanol–water partition coefficient (Wildman–Crippen LogP) is 3.30. The van der Waals surface area contributed by atoms with E-state index in [-0.39, 0.29) is 18.2 Å². The molecular formula is C17H15NO3. The summed E-state index contributed by atoms with van der Waals surface area (Å²) >= 11 is 0. The zero-order valence-corrected chi connectivity index (χ0v) is 11.9. The number of hydrogen-bond acceptors (Lipinski definition) is 3. The number of benzene rings is 2. The predicted molar refractivity (Wildman–Crippen MR) is 77.4 cm³/mol. The van der Waals surface area contributed by atoms with Gasteiger partial charge in [0, 0.05) is 16.7 Å². The minimum atomic E-state index is -0.329. The van der Waals surface area contributed by atoms with E-state index < -0.39 is 0 Å². The molecule has 4 heteroatoms. The maximum atomic E-state index is 12.6. The van der Waals surface area contributed by atoms with Crippen LogP contribution >= 0.6 is 0 Å². The van der Waals surface area contributed by atoms with Gasteiger partial charge in [-0.3, -0.25) is 9.69 Å². The van der Waals surface area contributed by atoms with Gasteiger partial charge in [0.25, 0.3) is 5.91 Å². The summed E-state index contributed by atoms with van der Waals surface area (Å²) < 4.78 is 11.3. The molecule has 2 aromatic carbocycles. The standard InChI is InChI=1S/C17H15NO3/c1-10-14-9-11(20-2)7-8-15(14)21-17-13-6-4-3-5-12(13)16(19)18(10)17/h3-10,17H,1-2H3/t10-,17-/m1/s1. The van der Waals surface area contributed by atoms with Crippen molar-refractivity contribution in [1.82, 2.24) is 4.90 Å². The molecule has 4 nitrogen and oxygen atoms in total. The molecule has 0 radical (unpaired) electrons. The number of ether oxygens (including phenoxy) is 2. The SMILES string of the molecule is COc1ccc2c(c1)[C@@H](C)N1C(=O)c3ccccc3[C@H]1O2. The first kappa shape index (κ1) is 12.3. The Kier molecular flexibility index (Phi) is 2.48. The van der Waals surface area contributed by atoms with Crippen LogP contribution in [0.4, 0.5) is 0 Å². The van der Waals surface area contributed by atoms with E-state index >= 15 is 0 Å². The zero-order chi connectivity index (χ0) is 14.6. The molecule has 0 unspecified atom stereocenters. The molecule has 0 fully saturated rings. The summed E-state index contributed by atoms with van der Waals surface area (Å²) in [6.45, 7) is 2.03. The maximum absolute atomic E-state index is 12.6. The minimum Gasteiger partial charge on any atom is -0.497 e. The average molecular weight is 281 g/mol. The van der Waals surface area contributed by atoms with Crippen LogP contribution < -0.4 is 9.47 Å². The van der Waals surface area contributed by atoms with E-state index in [1.165, 1.54) is 0 Å². The summed E-state index contributed by atoms with van der Waals surface area (Å²) in [7, 11) is 1.63. The van der Waals surface area contributed by atoms with Crippen molar-refractivity contribution >= 4 is 5.91 Å². The second-order valence-electron chi connectivity index (χ2n) is 5.35. The highest BCUT2D eigenvalue weighted by Crippen LogP contribution is 2.47. The van der Waals surface area contributed by atoms with Crippen LogP contribution in [-0.4, -0.2) is 17.9 Å². The van der Waals surface area contributed by atoms with E-state index in [4.69, 9.17) is 9.47 Å². The van der Waals surface area contributed by atoms with Gasteiger partial charge in [-0.2, -0.15) is 0 Å². The van der Waals surface area contributed by atoms with Crippen molar-refractivity contribution in [3.8, 4) is 11.5 Å². The molecule has 0 aromatic heterocycles. The van der Waals surface area contributed by atoms with E-state index in [1.807, 2.05) is 49.4 Å². The minimum absolute atomic E-state index is 0.0246. The summed E-state index contributed by atoms with van der Waals surface area (Å²) in [5.74, 6) is 1.61. The highest BCUT2D eigenvalue weighted by atomic mass is 16.5. The smallest absolute Gasteiger partial charge is 0.257 e. The van der Waals surface area contributed by atoms with Crippen LogP contribution in [0.5, 0.6) is 11.5 Å². The Labute approximate surface area is 122 Å². The molecule has 0 N–H and O–H groups in total. The van der Waals surface area contributed by atoms with Gasteiger partial charge in [0.1, 0.15) is 11.5 Å². The number of amides is 1. The number of rotatable bonds is 1. The van der Waals surface area contributed by atoms with Crippen LogP contribution in [0.15, 0.2) is 42.5 Å². The van der Waals surface area contributed by atoms with E-state index in [0.717, 1.165) is 28.2 Å². The third kappa shape index (κ3) is 1.59. The molecule has 0 aliphatic carbocycles. The summed E-state index contributed by atoms with van der Waals surface area (Å²) in [4.78, 5) is 14.4. The summed E-state index contributed by atoms with van der Waals surface area (Å²) in [6.07, 6.45) is -0.329. The molecule has 0 saturated heterocycles. The van der Waals surface area contributed by atoms with Gasteiger partial charge in [-0.1, -0.05) is 18.2 Å². The van der Waals surface area contributed by atoms with Crippen molar-refractivity contribution in [3.05, 3.63) is 59.2 Å². The number of carbonyl (C=O) groups is 1. The Hall–Kier alpha value is -2.49. The lowest BCUT2D eigenvalue weighted by atomic mass is 10.0. The molecule has 2 aliphatic heterocycles. The van der Waals surface area contributed by atoms with E-state index in [2.05, 4.69) is 0 Å². The van der Waals surface area contributed by atoms with Crippen molar-refractivity contribution in [3.63, 3.8) is 0 Å². The van der Waals surface area contributed by atoms with Gasteiger partial charge in [-0.15, -0.1) is 0 Å². The Bertz CT molecular complexity index is 741. The van der Waals surface area contributed by atoms with Crippen molar-refractivity contribution in [2.24, 2.45) is 0 Å². The fraction of sp³-hybridized carbons (Fsp3) is 0.235. The molecule has 1 amide bonds. The van der Waals surface area contributed by atoms with Crippen LogP contribution in [0.2, 0.25) is 0 Å². The molecular weight excluding hydrogens is 266 g/mol. The van der Waals surface area contributed by atoms with Gasteiger partial charge >= 0.3 is 0 Å². The van der Waals surface area contributed by atoms with Gasteiger partial charge in [0.05, 0.1) is 13.2 Å². The van der Waals surface area contributed by atoms with Crippen molar-refractivity contribution in [1.29, 1.82) is 0 Å². The molecule has 21 heavy (non-hydrogen) atoms. The Balaban J connectivity index is 1.85. The second kappa shape index (κ2) is 4.25. The number of methoxy groups -OCH3 is 1. The molecule has 0 bridgehead atoms. The van der Waals surface area contributed by atoms with Crippen LogP contribution in [0, 0.1) is 0 Å². The van der Waals surface area contributed by atoms with Crippen molar-refractivity contribution < 1.29 is 14.3 Å². The second-order valence-corrected chi connectivity index (χ2v) is 5.35. The number of hydrogen-bond donors (Lipinski definition) is 0. The number of nitrogens with zero attached hydrogens (tertiary/aromatic N) is 1. The summed E-state index contributed by atoms with van der Waals surface area (Å²) in [6, 6.07) is 13.3. The van der Waals surface area contributed by atoms with Gasteiger partial charge in [-0.25, -0.2) is 0 Å². The largest absolute Gasteiger partial charge is 0.497 e. The molecule has 106 valence electrons. The van der Waals surface area contributed by atoms with Crippen molar-refractivity contribution in [2.75, 3.05) is 7.11 Å². The highest BCUT2D eigenvalue weighted by molar-refractivity contribution is 5.99. The first-order chi connectivity index (χ1) is 10.2. The summed E-state index contributed by atoms with van der Waals surface area (Å²) in [5, 5.41) is 0. The fourth-order valence-corrected chi connectivity index (χ4v) is 3.16. The zero-order valence-electron chi connectivity index (χ0n) is 11.9. The number of carbonyl (C=O) groups excluding carboxylic acids is 1. The molecule has 2 aromatic rings. The lowest BCUT2D eigenvalue weighted by Crippen LogP contribution is -2.37. The molecule has 0 saturated carbocycles. The topological polar surface area (TPSA) is 38.8 Å². The van der Waals surface area contributed by atoms with Crippen molar-refractivity contribution in [2.45, 2.75) is 19.2 Å². The lowest BCUT2D eigenvalue weighted by Gasteiger charge is -2.37. The van der Waals surface area contributed by atoms with Crippen LogP contribution in [0.25, 0.3) is 0 Å². The van der Waals surface area contributed by atoms with E-state index in [9.17, 15) is 4.79 Å². The van der Waals surface area contributed by atoms with Gasteiger partial charge < -0.3 is 9.47 Å². The quantitative estimate of drug-likeness (QED) is 0.805. The number of fused-ring (bicyclic) bond motifs is 4. The first-order valence-corrected chi connectivity index (χ1v) is 6.97. The van der Waals surface area contributed by atoms with Gasteiger partial charge in [0.2, 0.25) is 6.23 Å². The molecule has 2 aliphatic rings. The Morgan fingerprint density at radius 1 is 1.14 bits per heavy atom. The molecule has 0 spiro atoms. The van der Waals surface area contributed by atoms with Gasteiger partial charge in [0.15, 0.2) is 0 Å². The fourth-order valence-electron chi connectivity index (χ4n) is 3.16. The maximum Gasteiger partial charge on any atom is 0.257 e. The van der Waals surface area contributed by atoms with Gasteiger partial charge in [-0.05, 0) is 31.2 Å².